The van der Waals surface area contributed by atoms with E-state index in [0.29, 0.717) is 18.8 Å². The van der Waals surface area contributed by atoms with E-state index in [1.165, 1.54) is 25.4 Å². The van der Waals surface area contributed by atoms with E-state index in [0.717, 1.165) is 11.4 Å². The number of rotatable bonds is 5. The topological polar surface area (TPSA) is 59.5 Å². The smallest absolute Gasteiger partial charge is 0.357 e. The molecular weight excluding hydrogens is 240 g/mol. The van der Waals surface area contributed by atoms with Gasteiger partial charge in [0, 0.05) is 18.8 Å². The highest BCUT2D eigenvalue weighted by atomic mass is 32.1. The summed E-state index contributed by atoms with van der Waals surface area (Å²) in [5.41, 5.74) is 0.299. The molecule has 0 saturated carbocycles. The van der Waals surface area contributed by atoms with E-state index in [-0.39, 0.29) is 5.91 Å². The first-order valence-electron chi connectivity index (χ1n) is 5.36. The Balaban J connectivity index is 2.70. The van der Waals surface area contributed by atoms with Crippen LogP contribution in [0.25, 0.3) is 0 Å². The van der Waals surface area contributed by atoms with Crippen LogP contribution in [-0.2, 0) is 16.1 Å². The maximum absolute atomic E-state index is 11.3. The van der Waals surface area contributed by atoms with Gasteiger partial charge in [-0.25, -0.2) is 9.78 Å². The van der Waals surface area contributed by atoms with Crippen LogP contribution in [0, 0.1) is 0 Å². The van der Waals surface area contributed by atoms with E-state index in [4.69, 9.17) is 0 Å². The molecule has 0 spiro atoms. The van der Waals surface area contributed by atoms with Crippen molar-refractivity contribution in [1.82, 2.24) is 9.88 Å². The molecule has 0 fully saturated rings. The van der Waals surface area contributed by atoms with Gasteiger partial charge in [0.1, 0.15) is 5.01 Å². The quantitative estimate of drug-likeness (QED) is 0.752. The molecule has 1 aromatic rings. The zero-order valence-electron chi connectivity index (χ0n) is 10.2. The molecule has 1 rings (SSSR count). The van der Waals surface area contributed by atoms with E-state index >= 15 is 0 Å². The van der Waals surface area contributed by atoms with Crippen molar-refractivity contribution in [2.24, 2.45) is 0 Å². The van der Waals surface area contributed by atoms with Crippen molar-refractivity contribution in [3.8, 4) is 0 Å². The number of nitrogens with zero attached hydrogens (tertiary/aromatic N) is 2. The molecule has 1 heterocycles. The first-order valence-corrected chi connectivity index (χ1v) is 6.24. The summed E-state index contributed by atoms with van der Waals surface area (Å²) in [7, 11) is 1.32. The molecule has 0 atom stereocenters. The number of ether oxygens (including phenoxy) is 1. The first kappa shape index (κ1) is 13.6. The van der Waals surface area contributed by atoms with Gasteiger partial charge < -0.3 is 9.64 Å². The van der Waals surface area contributed by atoms with Gasteiger partial charge in [-0.05, 0) is 6.42 Å². The molecule has 0 radical (unpaired) electrons. The van der Waals surface area contributed by atoms with E-state index < -0.39 is 5.97 Å². The standard InChI is InChI=1S/C11H16N2O3S/c1-4-5-13(8(2)14)6-10-12-9(7-17-10)11(15)16-3/h7H,4-6H2,1-3H3. The second kappa shape index (κ2) is 6.34. The highest BCUT2D eigenvalue weighted by Gasteiger charge is 2.14. The van der Waals surface area contributed by atoms with Crippen LogP contribution in [0.3, 0.4) is 0 Å². The van der Waals surface area contributed by atoms with Crippen molar-refractivity contribution in [2.75, 3.05) is 13.7 Å². The Morgan fingerprint density at radius 1 is 1.53 bits per heavy atom. The molecule has 6 heteroatoms. The average Bonchev–Trinajstić information content (AvgIpc) is 2.76. The van der Waals surface area contributed by atoms with Crippen LogP contribution in [-0.4, -0.2) is 35.4 Å². The van der Waals surface area contributed by atoms with Crippen molar-refractivity contribution in [3.05, 3.63) is 16.1 Å². The number of amides is 1. The van der Waals surface area contributed by atoms with Gasteiger partial charge in [0.05, 0.1) is 13.7 Å². The molecule has 0 N–H and O–H groups in total. The summed E-state index contributed by atoms with van der Waals surface area (Å²) in [5.74, 6) is -0.431. The molecule has 0 saturated heterocycles. The lowest BCUT2D eigenvalue weighted by molar-refractivity contribution is -0.129. The predicted octanol–water partition coefficient (Wildman–Crippen LogP) is 1.69. The van der Waals surface area contributed by atoms with Crippen LogP contribution in [0.15, 0.2) is 5.38 Å². The minimum Gasteiger partial charge on any atom is -0.464 e. The van der Waals surface area contributed by atoms with Gasteiger partial charge in [0.2, 0.25) is 5.91 Å². The highest BCUT2D eigenvalue weighted by molar-refractivity contribution is 7.09. The zero-order valence-corrected chi connectivity index (χ0v) is 11.0. The minimum absolute atomic E-state index is 0.0154. The largest absolute Gasteiger partial charge is 0.464 e. The van der Waals surface area contributed by atoms with Gasteiger partial charge in [0.25, 0.3) is 0 Å². The van der Waals surface area contributed by atoms with Gasteiger partial charge >= 0.3 is 5.97 Å². The Hall–Kier alpha value is -1.43. The molecular formula is C11H16N2O3S. The molecule has 0 aliphatic rings. The molecule has 1 amide bonds. The number of thiazole rings is 1. The van der Waals surface area contributed by atoms with E-state index in [1.807, 2.05) is 6.92 Å². The Kier molecular flexibility index (Phi) is 5.09. The second-order valence-electron chi connectivity index (χ2n) is 3.56. The average molecular weight is 256 g/mol. The lowest BCUT2D eigenvalue weighted by Crippen LogP contribution is -2.28. The molecule has 17 heavy (non-hydrogen) atoms. The van der Waals surface area contributed by atoms with Crippen molar-refractivity contribution in [2.45, 2.75) is 26.8 Å². The molecule has 94 valence electrons. The lowest BCUT2D eigenvalue weighted by Gasteiger charge is -2.18. The van der Waals surface area contributed by atoms with Crippen LogP contribution < -0.4 is 0 Å². The normalized spacial score (nSPS) is 10.1. The van der Waals surface area contributed by atoms with Crippen molar-refractivity contribution in [3.63, 3.8) is 0 Å². The summed E-state index contributed by atoms with van der Waals surface area (Å²) in [4.78, 5) is 28.4. The fraction of sp³-hybridized carbons (Fsp3) is 0.545. The first-order chi connectivity index (χ1) is 8.08. The van der Waals surface area contributed by atoms with Gasteiger partial charge in [-0.1, -0.05) is 6.92 Å². The number of hydrogen-bond acceptors (Lipinski definition) is 5. The van der Waals surface area contributed by atoms with Crippen LogP contribution in [0.4, 0.5) is 0 Å². The third-order valence-corrected chi connectivity index (χ3v) is 3.04. The molecule has 0 aromatic carbocycles. The Labute approximate surface area is 104 Å². The molecule has 0 unspecified atom stereocenters. The predicted molar refractivity (Wildman–Crippen MR) is 64.8 cm³/mol. The lowest BCUT2D eigenvalue weighted by atomic mass is 10.4. The summed E-state index contributed by atoms with van der Waals surface area (Å²) in [6.07, 6.45) is 0.898. The molecule has 5 nitrogen and oxygen atoms in total. The van der Waals surface area contributed by atoms with E-state index in [1.54, 1.807) is 10.3 Å². The fourth-order valence-corrected chi connectivity index (χ4v) is 2.14. The fourth-order valence-electron chi connectivity index (χ4n) is 1.36. The van der Waals surface area contributed by atoms with Gasteiger partial charge in [-0.3, -0.25) is 4.79 Å². The number of aromatic nitrogens is 1. The van der Waals surface area contributed by atoms with Crippen molar-refractivity contribution >= 4 is 23.2 Å². The summed E-state index contributed by atoms with van der Waals surface area (Å²) < 4.78 is 4.57. The monoisotopic (exact) mass is 256 g/mol. The maximum atomic E-state index is 11.3. The number of carbonyl (C=O) groups excluding carboxylic acids is 2. The summed E-state index contributed by atoms with van der Waals surface area (Å²) in [6, 6.07) is 0. The zero-order chi connectivity index (χ0) is 12.8. The summed E-state index contributed by atoms with van der Waals surface area (Å²) >= 11 is 1.36. The number of esters is 1. The third kappa shape index (κ3) is 3.81. The van der Waals surface area contributed by atoms with E-state index in [2.05, 4.69) is 9.72 Å². The van der Waals surface area contributed by atoms with Crippen LogP contribution in [0.5, 0.6) is 0 Å². The molecule has 1 aromatic heterocycles. The Morgan fingerprint density at radius 3 is 2.76 bits per heavy atom. The van der Waals surface area contributed by atoms with Crippen LogP contribution in [0.2, 0.25) is 0 Å². The second-order valence-corrected chi connectivity index (χ2v) is 4.50. The number of methoxy groups -OCH3 is 1. The Morgan fingerprint density at radius 2 is 2.24 bits per heavy atom. The molecule has 0 aliphatic carbocycles. The van der Waals surface area contributed by atoms with Crippen molar-refractivity contribution < 1.29 is 14.3 Å². The minimum atomic E-state index is -0.447. The maximum Gasteiger partial charge on any atom is 0.357 e. The molecule has 0 aliphatic heterocycles. The highest BCUT2D eigenvalue weighted by Crippen LogP contribution is 2.13. The van der Waals surface area contributed by atoms with E-state index in [9.17, 15) is 9.59 Å². The third-order valence-electron chi connectivity index (χ3n) is 2.21. The summed E-state index contributed by atoms with van der Waals surface area (Å²) in [5, 5.41) is 2.39. The Bertz CT molecular complexity index is 403. The van der Waals surface area contributed by atoms with Crippen molar-refractivity contribution in [1.29, 1.82) is 0 Å². The number of carbonyl (C=O) groups is 2. The summed E-state index contributed by atoms with van der Waals surface area (Å²) in [6.45, 7) is 4.69. The van der Waals surface area contributed by atoms with Gasteiger partial charge in [0.15, 0.2) is 5.69 Å². The van der Waals surface area contributed by atoms with Crippen LogP contribution >= 0.6 is 11.3 Å². The van der Waals surface area contributed by atoms with Crippen LogP contribution in [0.1, 0.15) is 35.8 Å². The van der Waals surface area contributed by atoms with Gasteiger partial charge in [-0.2, -0.15) is 0 Å². The van der Waals surface area contributed by atoms with Gasteiger partial charge in [-0.15, -0.1) is 11.3 Å². The SMILES string of the molecule is CCCN(Cc1nc(C(=O)OC)cs1)C(C)=O. The number of hydrogen-bond donors (Lipinski definition) is 0. The molecule has 0 bridgehead atoms.